The summed E-state index contributed by atoms with van der Waals surface area (Å²) >= 11 is 0. The van der Waals surface area contributed by atoms with Crippen molar-refractivity contribution < 1.29 is 0 Å². The highest BCUT2D eigenvalue weighted by atomic mass is 15.1. The van der Waals surface area contributed by atoms with Crippen LogP contribution in [-0.4, -0.2) is 30.4 Å². The van der Waals surface area contributed by atoms with Crippen LogP contribution < -0.4 is 5.73 Å². The van der Waals surface area contributed by atoms with E-state index in [1.807, 2.05) is 0 Å². The molecule has 0 saturated carbocycles. The highest BCUT2D eigenvalue weighted by molar-refractivity contribution is 5.76. The first-order valence-corrected chi connectivity index (χ1v) is 7.33. The van der Waals surface area contributed by atoms with E-state index in [1.165, 1.54) is 37.9 Å². The lowest BCUT2D eigenvalue weighted by Crippen LogP contribution is -2.35. The molecule has 1 heterocycles. The minimum Gasteiger partial charge on any atom is -0.388 e. The van der Waals surface area contributed by atoms with E-state index in [1.54, 1.807) is 0 Å². The number of hydrogen-bond acceptors (Lipinski definition) is 2. The second kappa shape index (κ2) is 7.29. The maximum atomic E-state index is 7.23. The van der Waals surface area contributed by atoms with Gasteiger partial charge in [-0.25, -0.2) is 0 Å². The molecule has 0 atom stereocenters. The van der Waals surface area contributed by atoms with Crippen LogP contribution in [0.15, 0.2) is 30.3 Å². The van der Waals surface area contributed by atoms with Gasteiger partial charge in [0, 0.05) is 6.42 Å². The van der Waals surface area contributed by atoms with Crippen molar-refractivity contribution >= 4 is 5.84 Å². The molecule has 1 saturated heterocycles. The van der Waals surface area contributed by atoms with Gasteiger partial charge in [0.25, 0.3) is 0 Å². The van der Waals surface area contributed by atoms with Crippen molar-refractivity contribution in [3.63, 3.8) is 0 Å². The molecule has 1 aliphatic heterocycles. The van der Waals surface area contributed by atoms with Crippen molar-refractivity contribution in [2.24, 2.45) is 11.7 Å². The summed E-state index contributed by atoms with van der Waals surface area (Å²) in [5.74, 6) is 1.16. The number of piperidine rings is 1. The van der Waals surface area contributed by atoms with Gasteiger partial charge in [-0.15, -0.1) is 0 Å². The van der Waals surface area contributed by atoms with Crippen LogP contribution in [0.3, 0.4) is 0 Å². The predicted octanol–water partition coefficient (Wildman–Crippen LogP) is 2.66. The van der Waals surface area contributed by atoms with Crippen molar-refractivity contribution in [3.8, 4) is 0 Å². The van der Waals surface area contributed by atoms with Gasteiger partial charge in [-0.05, 0) is 56.8 Å². The predicted molar refractivity (Wildman–Crippen MR) is 80.5 cm³/mol. The van der Waals surface area contributed by atoms with Crippen LogP contribution in [-0.2, 0) is 6.42 Å². The number of benzene rings is 1. The number of amidine groups is 1. The molecule has 0 amide bonds. The Morgan fingerprint density at radius 3 is 2.53 bits per heavy atom. The number of likely N-dealkylation sites (tertiary alicyclic amines) is 1. The largest absolute Gasteiger partial charge is 0.388 e. The van der Waals surface area contributed by atoms with Gasteiger partial charge >= 0.3 is 0 Å². The molecule has 0 radical (unpaired) electrons. The number of hydrogen-bond donors (Lipinski definition) is 2. The summed E-state index contributed by atoms with van der Waals surface area (Å²) in [5, 5.41) is 7.23. The van der Waals surface area contributed by atoms with E-state index in [0.29, 0.717) is 5.84 Å². The molecule has 1 aromatic carbocycles. The summed E-state index contributed by atoms with van der Waals surface area (Å²) in [4.78, 5) is 2.52. The maximum absolute atomic E-state index is 7.23. The minimum atomic E-state index is 0.318. The summed E-state index contributed by atoms with van der Waals surface area (Å²) in [6.45, 7) is 3.50. The molecule has 1 aromatic rings. The Balaban J connectivity index is 1.66. The van der Waals surface area contributed by atoms with E-state index in [9.17, 15) is 0 Å². The Kier molecular flexibility index (Phi) is 5.40. The number of rotatable bonds is 6. The SMILES string of the molecule is N=C(N)CCCN1CCC(Cc2ccccc2)CC1. The van der Waals surface area contributed by atoms with Crippen LogP contribution in [0.4, 0.5) is 0 Å². The molecule has 19 heavy (non-hydrogen) atoms. The van der Waals surface area contributed by atoms with Crippen LogP contribution >= 0.6 is 0 Å². The summed E-state index contributed by atoms with van der Waals surface area (Å²) in [5.41, 5.74) is 6.85. The first-order chi connectivity index (χ1) is 9.24. The topological polar surface area (TPSA) is 53.1 Å². The normalized spacial score (nSPS) is 17.5. The van der Waals surface area contributed by atoms with Gasteiger partial charge in [-0.3, -0.25) is 5.41 Å². The van der Waals surface area contributed by atoms with Gasteiger partial charge in [-0.2, -0.15) is 0 Å². The first-order valence-electron chi connectivity index (χ1n) is 7.33. The zero-order chi connectivity index (χ0) is 13.5. The molecule has 1 aliphatic rings. The van der Waals surface area contributed by atoms with Crippen molar-refractivity contribution in [2.45, 2.75) is 32.1 Å². The van der Waals surface area contributed by atoms with Crippen molar-refractivity contribution in [1.29, 1.82) is 5.41 Å². The van der Waals surface area contributed by atoms with Gasteiger partial charge in [0.2, 0.25) is 0 Å². The molecule has 0 bridgehead atoms. The second-order valence-corrected chi connectivity index (χ2v) is 5.60. The van der Waals surface area contributed by atoms with Crippen molar-refractivity contribution in [1.82, 2.24) is 4.90 Å². The molecule has 104 valence electrons. The van der Waals surface area contributed by atoms with E-state index in [-0.39, 0.29) is 0 Å². The summed E-state index contributed by atoms with van der Waals surface area (Å²) < 4.78 is 0. The fourth-order valence-corrected chi connectivity index (χ4v) is 2.85. The first kappa shape index (κ1) is 14.1. The average Bonchev–Trinajstić information content (AvgIpc) is 2.42. The highest BCUT2D eigenvalue weighted by Gasteiger charge is 2.18. The highest BCUT2D eigenvalue weighted by Crippen LogP contribution is 2.21. The van der Waals surface area contributed by atoms with Crippen LogP contribution in [0.5, 0.6) is 0 Å². The monoisotopic (exact) mass is 259 g/mol. The molecular formula is C16H25N3. The minimum absolute atomic E-state index is 0.318. The third-order valence-corrected chi connectivity index (χ3v) is 3.99. The Labute approximate surface area is 116 Å². The number of nitrogens with two attached hydrogens (primary N) is 1. The van der Waals surface area contributed by atoms with Crippen LogP contribution in [0, 0.1) is 11.3 Å². The Bertz CT molecular complexity index is 380. The Morgan fingerprint density at radius 2 is 1.89 bits per heavy atom. The van der Waals surface area contributed by atoms with Gasteiger partial charge < -0.3 is 10.6 Å². The molecule has 0 aliphatic carbocycles. The van der Waals surface area contributed by atoms with Crippen LogP contribution in [0.25, 0.3) is 0 Å². The molecule has 0 unspecified atom stereocenters. The lowest BCUT2D eigenvalue weighted by Gasteiger charge is -2.32. The summed E-state index contributed by atoms with van der Waals surface area (Å²) in [6.07, 6.45) is 5.59. The lowest BCUT2D eigenvalue weighted by molar-refractivity contribution is 0.183. The summed E-state index contributed by atoms with van der Waals surface area (Å²) in [6, 6.07) is 10.8. The molecule has 3 N–H and O–H groups in total. The standard InChI is InChI=1S/C16H25N3/c17-16(18)7-4-10-19-11-8-15(9-12-19)13-14-5-2-1-3-6-14/h1-3,5-6,15H,4,7-13H2,(H3,17,18). The van der Waals surface area contributed by atoms with Gasteiger partial charge in [0.05, 0.1) is 5.84 Å². The zero-order valence-corrected chi connectivity index (χ0v) is 11.6. The molecule has 3 nitrogen and oxygen atoms in total. The van der Waals surface area contributed by atoms with E-state index < -0.39 is 0 Å². The lowest BCUT2D eigenvalue weighted by atomic mass is 9.90. The fourth-order valence-electron chi connectivity index (χ4n) is 2.85. The Morgan fingerprint density at radius 1 is 1.21 bits per heavy atom. The van der Waals surface area contributed by atoms with Gasteiger partial charge in [-0.1, -0.05) is 30.3 Å². The smallest absolute Gasteiger partial charge is 0.0905 e. The molecule has 2 rings (SSSR count). The Hall–Kier alpha value is -1.35. The van der Waals surface area contributed by atoms with E-state index in [4.69, 9.17) is 11.1 Å². The second-order valence-electron chi connectivity index (χ2n) is 5.60. The molecule has 3 heteroatoms. The number of nitrogens with one attached hydrogen (secondary N) is 1. The fraction of sp³-hybridized carbons (Fsp3) is 0.562. The molecule has 1 fully saturated rings. The van der Waals surface area contributed by atoms with E-state index >= 15 is 0 Å². The van der Waals surface area contributed by atoms with Crippen LogP contribution in [0.1, 0.15) is 31.2 Å². The van der Waals surface area contributed by atoms with Crippen molar-refractivity contribution in [3.05, 3.63) is 35.9 Å². The summed E-state index contributed by atoms with van der Waals surface area (Å²) in [7, 11) is 0. The van der Waals surface area contributed by atoms with Gasteiger partial charge in [0.1, 0.15) is 0 Å². The third kappa shape index (κ3) is 5.03. The van der Waals surface area contributed by atoms with E-state index in [2.05, 4.69) is 35.2 Å². The zero-order valence-electron chi connectivity index (χ0n) is 11.6. The molecule has 0 spiro atoms. The molecular weight excluding hydrogens is 234 g/mol. The van der Waals surface area contributed by atoms with Crippen molar-refractivity contribution in [2.75, 3.05) is 19.6 Å². The van der Waals surface area contributed by atoms with Crippen LogP contribution in [0.2, 0.25) is 0 Å². The van der Waals surface area contributed by atoms with Gasteiger partial charge in [0.15, 0.2) is 0 Å². The quantitative estimate of drug-likeness (QED) is 0.609. The average molecular weight is 259 g/mol. The molecule has 0 aromatic heterocycles. The number of nitrogens with zero attached hydrogens (tertiary/aromatic N) is 1. The van der Waals surface area contributed by atoms with E-state index in [0.717, 1.165) is 25.3 Å². The maximum Gasteiger partial charge on any atom is 0.0905 e. The third-order valence-electron chi connectivity index (χ3n) is 3.99.